The summed E-state index contributed by atoms with van der Waals surface area (Å²) in [5, 5.41) is 0.712. The molecule has 0 radical (unpaired) electrons. The first-order chi connectivity index (χ1) is 13.7. The molecule has 4 rings (SSSR count). The quantitative estimate of drug-likeness (QED) is 0.329. The molecule has 0 bridgehead atoms. The number of benzene rings is 3. The fourth-order valence-corrected chi connectivity index (χ4v) is 3.46. The minimum absolute atomic E-state index is 0.000607. The van der Waals surface area contributed by atoms with Crippen molar-refractivity contribution in [3.63, 3.8) is 0 Å². The second-order valence-corrected chi connectivity index (χ2v) is 7.03. The highest BCUT2D eigenvalue weighted by Gasteiger charge is 2.23. The first-order valence-electron chi connectivity index (χ1n) is 9.13. The zero-order chi connectivity index (χ0) is 19.3. The Bertz CT molecular complexity index is 1060. The summed E-state index contributed by atoms with van der Waals surface area (Å²) >= 11 is 6.08. The summed E-state index contributed by atoms with van der Waals surface area (Å²) in [7, 11) is 0. The number of hydrogen-bond acceptors (Lipinski definition) is 1. The van der Waals surface area contributed by atoms with Crippen molar-refractivity contribution in [3.05, 3.63) is 137 Å². The first-order valence-corrected chi connectivity index (χ1v) is 9.51. The van der Waals surface area contributed by atoms with Gasteiger partial charge >= 0.3 is 0 Å². The van der Waals surface area contributed by atoms with E-state index in [-0.39, 0.29) is 11.8 Å². The Hall–Kier alpha value is -3.23. The lowest BCUT2D eigenvalue weighted by Crippen LogP contribution is -2.40. The summed E-state index contributed by atoms with van der Waals surface area (Å²) in [6, 6.07) is 31.3. The molecule has 0 aliphatic rings. The molecule has 0 aliphatic carbocycles. The average Bonchev–Trinajstić information content (AvgIpc) is 2.77. The maximum absolute atomic E-state index is 12.7. The van der Waals surface area contributed by atoms with E-state index in [9.17, 15) is 4.79 Å². The molecule has 1 aromatic heterocycles. The van der Waals surface area contributed by atoms with Gasteiger partial charge in [0.05, 0.1) is 0 Å². The fraction of sp³-hybridized carbons (Fsp3) is 0.0400. The second kappa shape index (κ2) is 8.20. The van der Waals surface area contributed by atoms with E-state index in [2.05, 4.69) is 16.7 Å². The van der Waals surface area contributed by atoms with E-state index in [1.807, 2.05) is 97.3 Å². The third kappa shape index (κ3) is 3.88. The van der Waals surface area contributed by atoms with Gasteiger partial charge < -0.3 is 0 Å². The van der Waals surface area contributed by atoms with E-state index in [0.717, 1.165) is 11.1 Å². The van der Waals surface area contributed by atoms with Crippen LogP contribution in [0.1, 0.15) is 33.1 Å². The fourth-order valence-electron chi connectivity index (χ4n) is 3.33. The number of pyridine rings is 1. The van der Waals surface area contributed by atoms with Crippen LogP contribution in [0.4, 0.5) is 0 Å². The van der Waals surface area contributed by atoms with Gasteiger partial charge in [-0.1, -0.05) is 84.4 Å². The van der Waals surface area contributed by atoms with Crippen molar-refractivity contribution in [1.82, 2.24) is 0 Å². The molecule has 1 heterocycles. The summed E-state index contributed by atoms with van der Waals surface area (Å²) in [5.74, 6) is 0.0236. The van der Waals surface area contributed by atoms with Gasteiger partial charge in [0.15, 0.2) is 18.2 Å². The van der Waals surface area contributed by atoms with Gasteiger partial charge in [0.1, 0.15) is 0 Å². The number of carbonyl (C=O) groups excluding carboxylic acids is 1. The van der Waals surface area contributed by atoms with Crippen LogP contribution < -0.4 is 4.57 Å². The van der Waals surface area contributed by atoms with Gasteiger partial charge in [0.2, 0.25) is 6.04 Å². The minimum Gasteiger partial charge on any atom is -0.289 e. The van der Waals surface area contributed by atoms with E-state index >= 15 is 0 Å². The summed E-state index contributed by atoms with van der Waals surface area (Å²) < 4.78 is 2.11. The Kier molecular flexibility index (Phi) is 5.31. The van der Waals surface area contributed by atoms with Gasteiger partial charge in [0, 0.05) is 39.4 Å². The summed E-state index contributed by atoms with van der Waals surface area (Å²) in [5.41, 5.74) is 3.66. The Morgan fingerprint density at radius 3 is 1.75 bits per heavy atom. The molecule has 2 nitrogen and oxygen atoms in total. The molecule has 4 aromatic rings. The van der Waals surface area contributed by atoms with Crippen LogP contribution in [-0.2, 0) is 0 Å². The van der Waals surface area contributed by atoms with Gasteiger partial charge in [-0.3, -0.25) is 4.79 Å². The van der Waals surface area contributed by atoms with Crippen molar-refractivity contribution in [2.45, 2.75) is 6.04 Å². The smallest absolute Gasteiger partial charge is 0.208 e. The molecule has 1 atom stereocenters. The number of carbonyl (C=O) groups is 1. The van der Waals surface area contributed by atoms with Crippen LogP contribution in [0.5, 0.6) is 0 Å². The third-order valence-electron chi connectivity index (χ3n) is 4.75. The molecule has 3 heteroatoms. The molecular formula is C25H19ClNO+. The highest BCUT2D eigenvalue weighted by atomic mass is 35.5. The second-order valence-electron chi connectivity index (χ2n) is 6.59. The molecule has 0 spiro atoms. The molecule has 0 aliphatic heterocycles. The average molecular weight is 385 g/mol. The molecule has 0 N–H and O–H groups in total. The predicted molar refractivity (Wildman–Crippen MR) is 112 cm³/mol. The number of halogens is 1. The van der Waals surface area contributed by atoms with Crippen LogP contribution in [0.3, 0.4) is 0 Å². The zero-order valence-electron chi connectivity index (χ0n) is 15.2. The van der Waals surface area contributed by atoms with Crippen LogP contribution in [0.25, 0.3) is 0 Å². The zero-order valence-corrected chi connectivity index (χ0v) is 16.0. The summed E-state index contributed by atoms with van der Waals surface area (Å²) in [6.07, 6.45) is 3.92. The number of nitrogens with zero attached hydrogens (tertiary/aromatic N) is 1. The lowest BCUT2D eigenvalue weighted by molar-refractivity contribution is -0.704. The number of ketones is 1. The van der Waals surface area contributed by atoms with E-state index in [4.69, 9.17) is 11.6 Å². The predicted octanol–water partition coefficient (Wildman–Crippen LogP) is 5.50. The standard InChI is InChI=1S/C25H19ClNO/c26-23-13-11-20(12-14-23)24(19-7-3-1-4-8-19)27-17-15-22(16-18-27)25(28)21-9-5-2-6-10-21/h1-18,24H/q+1/t24-/m1/s1. The topological polar surface area (TPSA) is 20.9 Å². The molecule has 136 valence electrons. The number of rotatable bonds is 5. The van der Waals surface area contributed by atoms with Crippen LogP contribution in [0.2, 0.25) is 5.02 Å². The number of aromatic nitrogens is 1. The van der Waals surface area contributed by atoms with E-state index in [1.54, 1.807) is 0 Å². The van der Waals surface area contributed by atoms with Crippen molar-refractivity contribution in [1.29, 1.82) is 0 Å². The highest BCUT2D eigenvalue weighted by Crippen LogP contribution is 2.23. The summed E-state index contributed by atoms with van der Waals surface area (Å²) in [6.45, 7) is 0. The van der Waals surface area contributed by atoms with Crippen LogP contribution in [0, 0.1) is 0 Å². The van der Waals surface area contributed by atoms with E-state index in [1.165, 1.54) is 0 Å². The van der Waals surface area contributed by atoms with Gasteiger partial charge in [-0.05, 0) is 12.1 Å². The molecular weight excluding hydrogens is 366 g/mol. The van der Waals surface area contributed by atoms with Gasteiger partial charge in [-0.15, -0.1) is 0 Å². The Labute approximate surface area is 169 Å². The lowest BCUT2D eigenvalue weighted by atomic mass is 9.98. The third-order valence-corrected chi connectivity index (χ3v) is 5.00. The number of hydrogen-bond donors (Lipinski definition) is 0. The Morgan fingerprint density at radius 1 is 0.643 bits per heavy atom. The largest absolute Gasteiger partial charge is 0.289 e. The van der Waals surface area contributed by atoms with Gasteiger partial charge in [-0.25, -0.2) is 0 Å². The summed E-state index contributed by atoms with van der Waals surface area (Å²) in [4.78, 5) is 12.7. The van der Waals surface area contributed by atoms with Crippen LogP contribution in [0.15, 0.2) is 109 Å². The van der Waals surface area contributed by atoms with Gasteiger partial charge in [-0.2, -0.15) is 4.57 Å². The molecule has 0 saturated carbocycles. The first kappa shape index (κ1) is 18.1. The Balaban J connectivity index is 1.71. The molecule has 0 unspecified atom stereocenters. The van der Waals surface area contributed by atoms with Crippen molar-refractivity contribution >= 4 is 17.4 Å². The molecule has 0 saturated heterocycles. The maximum atomic E-state index is 12.7. The molecule has 28 heavy (non-hydrogen) atoms. The van der Waals surface area contributed by atoms with Gasteiger partial charge in [0.25, 0.3) is 0 Å². The molecule has 0 fully saturated rings. The van der Waals surface area contributed by atoms with E-state index < -0.39 is 0 Å². The minimum atomic E-state index is -0.000607. The Morgan fingerprint density at radius 2 is 1.14 bits per heavy atom. The maximum Gasteiger partial charge on any atom is 0.208 e. The monoisotopic (exact) mass is 384 g/mol. The molecule has 3 aromatic carbocycles. The van der Waals surface area contributed by atoms with Crippen molar-refractivity contribution in [3.8, 4) is 0 Å². The van der Waals surface area contributed by atoms with Crippen LogP contribution in [-0.4, -0.2) is 5.78 Å². The lowest BCUT2D eigenvalue weighted by Gasteiger charge is -2.14. The normalized spacial score (nSPS) is 11.8. The highest BCUT2D eigenvalue weighted by molar-refractivity contribution is 6.30. The molecule has 0 amide bonds. The van der Waals surface area contributed by atoms with Crippen molar-refractivity contribution in [2.24, 2.45) is 0 Å². The van der Waals surface area contributed by atoms with Crippen LogP contribution >= 0.6 is 11.6 Å². The van der Waals surface area contributed by atoms with Crippen molar-refractivity contribution < 1.29 is 9.36 Å². The van der Waals surface area contributed by atoms with Crippen molar-refractivity contribution in [2.75, 3.05) is 0 Å². The van der Waals surface area contributed by atoms with E-state index in [0.29, 0.717) is 16.1 Å². The SMILES string of the molecule is O=C(c1ccccc1)c1cc[n+]([C@H](c2ccccc2)c2ccc(Cl)cc2)cc1.